The second-order valence-corrected chi connectivity index (χ2v) is 6.03. The van der Waals surface area contributed by atoms with Gasteiger partial charge in [-0.2, -0.15) is 0 Å². The van der Waals surface area contributed by atoms with Gasteiger partial charge < -0.3 is 10.0 Å². The van der Waals surface area contributed by atoms with Crippen molar-refractivity contribution in [3.63, 3.8) is 0 Å². The Morgan fingerprint density at radius 1 is 1.33 bits per heavy atom. The van der Waals surface area contributed by atoms with Crippen LogP contribution in [0.4, 0.5) is 4.39 Å². The molecule has 1 N–H and O–H groups in total. The van der Waals surface area contributed by atoms with Crippen molar-refractivity contribution in [2.75, 3.05) is 27.2 Å². The molecule has 1 fully saturated rings. The molecular weight excluding hydrogens is 271 g/mol. The number of likely N-dealkylation sites (N-methyl/N-ethyl adjacent to an activating group) is 2. The average molecular weight is 294 g/mol. The molecule has 116 valence electrons. The molecule has 0 saturated heterocycles. The highest BCUT2D eigenvalue weighted by Gasteiger charge is 2.28. The molecule has 1 aromatic rings. The Balaban J connectivity index is 1.78. The van der Waals surface area contributed by atoms with Gasteiger partial charge in [0.05, 0.1) is 12.6 Å². The van der Waals surface area contributed by atoms with Gasteiger partial charge in [0.25, 0.3) is 0 Å². The first-order valence-corrected chi connectivity index (χ1v) is 7.29. The van der Waals surface area contributed by atoms with Crippen LogP contribution in [-0.4, -0.2) is 54.1 Å². The Morgan fingerprint density at radius 3 is 2.62 bits per heavy atom. The first-order valence-electron chi connectivity index (χ1n) is 7.29. The molecule has 1 aliphatic rings. The van der Waals surface area contributed by atoms with Gasteiger partial charge in [0.2, 0.25) is 5.91 Å². The summed E-state index contributed by atoms with van der Waals surface area (Å²) in [6.07, 6.45) is 1.48. The highest BCUT2D eigenvalue weighted by Crippen LogP contribution is 2.27. The molecule has 4 nitrogen and oxygen atoms in total. The normalized spacial score (nSPS) is 21.2. The maximum absolute atomic E-state index is 13.6. The smallest absolute Gasteiger partial charge is 0.236 e. The monoisotopic (exact) mass is 294 g/mol. The number of carbonyl (C=O) groups is 1. The summed E-state index contributed by atoms with van der Waals surface area (Å²) in [5.41, 5.74) is 0.526. The number of nitrogens with zero attached hydrogens (tertiary/aromatic N) is 2. The third-order valence-electron chi connectivity index (χ3n) is 3.98. The van der Waals surface area contributed by atoms with Crippen LogP contribution in [0.5, 0.6) is 0 Å². The van der Waals surface area contributed by atoms with Crippen LogP contribution in [0.3, 0.4) is 0 Å². The van der Waals surface area contributed by atoms with Crippen molar-refractivity contribution >= 4 is 5.91 Å². The number of rotatable bonds is 6. The van der Waals surface area contributed by atoms with Gasteiger partial charge in [-0.15, -0.1) is 0 Å². The summed E-state index contributed by atoms with van der Waals surface area (Å²) in [5, 5.41) is 9.26. The SMILES string of the molecule is CN(CC(=O)N(C)Cc1ccccc1F)CC1CC(O)C1. The first-order chi connectivity index (χ1) is 9.95. The van der Waals surface area contributed by atoms with Gasteiger partial charge in [-0.3, -0.25) is 9.69 Å². The van der Waals surface area contributed by atoms with E-state index in [-0.39, 0.29) is 24.4 Å². The number of aliphatic hydroxyl groups excluding tert-OH is 1. The Bertz CT molecular complexity index is 489. The molecule has 1 saturated carbocycles. The van der Waals surface area contributed by atoms with Gasteiger partial charge in [-0.25, -0.2) is 4.39 Å². The summed E-state index contributed by atoms with van der Waals surface area (Å²) in [6.45, 7) is 1.41. The quantitative estimate of drug-likeness (QED) is 0.864. The maximum Gasteiger partial charge on any atom is 0.236 e. The molecular formula is C16H23FN2O2. The summed E-state index contributed by atoms with van der Waals surface area (Å²) in [4.78, 5) is 15.6. The van der Waals surface area contributed by atoms with Gasteiger partial charge in [-0.05, 0) is 31.9 Å². The minimum Gasteiger partial charge on any atom is -0.393 e. The van der Waals surface area contributed by atoms with Crippen molar-refractivity contribution < 1.29 is 14.3 Å². The minimum atomic E-state index is -0.283. The Hall–Kier alpha value is -1.46. The topological polar surface area (TPSA) is 43.8 Å². The molecule has 1 aromatic carbocycles. The molecule has 0 radical (unpaired) electrons. The Morgan fingerprint density at radius 2 is 2.00 bits per heavy atom. The summed E-state index contributed by atoms with van der Waals surface area (Å²) in [7, 11) is 3.59. The molecule has 5 heteroatoms. The molecule has 0 bridgehead atoms. The van der Waals surface area contributed by atoms with E-state index in [1.807, 2.05) is 11.9 Å². The first kappa shape index (κ1) is 15.9. The van der Waals surface area contributed by atoms with Crippen molar-refractivity contribution in [3.8, 4) is 0 Å². The van der Waals surface area contributed by atoms with Gasteiger partial charge in [0.15, 0.2) is 0 Å². The highest BCUT2D eigenvalue weighted by atomic mass is 19.1. The van der Waals surface area contributed by atoms with Crippen LogP contribution in [0.15, 0.2) is 24.3 Å². The van der Waals surface area contributed by atoms with E-state index in [1.54, 1.807) is 30.1 Å². The minimum absolute atomic E-state index is 0.0272. The number of hydrogen-bond acceptors (Lipinski definition) is 3. The number of amides is 1. The van der Waals surface area contributed by atoms with Crippen molar-refractivity contribution in [3.05, 3.63) is 35.6 Å². The summed E-state index contributed by atoms with van der Waals surface area (Å²) in [6, 6.07) is 6.51. The van der Waals surface area contributed by atoms with Crippen LogP contribution in [0.2, 0.25) is 0 Å². The third kappa shape index (κ3) is 4.51. The molecule has 0 spiro atoms. The molecule has 1 amide bonds. The molecule has 1 aliphatic carbocycles. The van der Waals surface area contributed by atoms with E-state index in [4.69, 9.17) is 0 Å². The van der Waals surface area contributed by atoms with Crippen LogP contribution < -0.4 is 0 Å². The van der Waals surface area contributed by atoms with E-state index in [1.165, 1.54) is 6.07 Å². The predicted molar refractivity (Wildman–Crippen MR) is 79.1 cm³/mol. The second-order valence-electron chi connectivity index (χ2n) is 6.03. The summed E-state index contributed by atoms with van der Waals surface area (Å²) >= 11 is 0. The number of carbonyl (C=O) groups excluding carboxylic acids is 1. The summed E-state index contributed by atoms with van der Waals surface area (Å²) in [5.74, 6) is 0.171. The van der Waals surface area contributed by atoms with E-state index < -0.39 is 0 Å². The van der Waals surface area contributed by atoms with E-state index in [2.05, 4.69) is 0 Å². The van der Waals surface area contributed by atoms with Gasteiger partial charge in [0.1, 0.15) is 5.82 Å². The fourth-order valence-electron chi connectivity index (χ4n) is 2.68. The molecule has 0 heterocycles. The van der Waals surface area contributed by atoms with Crippen molar-refractivity contribution in [2.24, 2.45) is 5.92 Å². The second kappa shape index (κ2) is 7.00. The summed E-state index contributed by atoms with van der Waals surface area (Å²) < 4.78 is 13.6. The Kier molecular flexibility index (Phi) is 5.31. The maximum atomic E-state index is 13.6. The fraction of sp³-hybridized carbons (Fsp3) is 0.562. The molecule has 2 rings (SSSR count). The zero-order chi connectivity index (χ0) is 15.4. The van der Waals surface area contributed by atoms with E-state index in [0.29, 0.717) is 18.0 Å². The van der Waals surface area contributed by atoms with E-state index in [0.717, 1.165) is 19.4 Å². The van der Waals surface area contributed by atoms with Gasteiger partial charge >= 0.3 is 0 Å². The lowest BCUT2D eigenvalue weighted by Crippen LogP contribution is -2.41. The van der Waals surface area contributed by atoms with Crippen LogP contribution in [0, 0.1) is 11.7 Å². The number of benzene rings is 1. The van der Waals surface area contributed by atoms with Gasteiger partial charge in [0, 0.05) is 25.7 Å². The molecule has 0 atom stereocenters. The lowest BCUT2D eigenvalue weighted by Gasteiger charge is -2.34. The molecule has 0 unspecified atom stereocenters. The van der Waals surface area contributed by atoms with Crippen LogP contribution in [0.1, 0.15) is 18.4 Å². The van der Waals surface area contributed by atoms with Gasteiger partial charge in [-0.1, -0.05) is 18.2 Å². The molecule has 21 heavy (non-hydrogen) atoms. The lowest BCUT2D eigenvalue weighted by atomic mass is 9.82. The zero-order valence-corrected chi connectivity index (χ0v) is 12.6. The molecule has 0 aliphatic heterocycles. The standard InChI is InChI=1S/C16H23FN2O2/c1-18(9-12-7-14(20)8-12)11-16(21)19(2)10-13-5-3-4-6-15(13)17/h3-6,12,14,20H,7-11H2,1-2H3. The van der Waals surface area contributed by atoms with Crippen LogP contribution in [-0.2, 0) is 11.3 Å². The Labute approximate surface area is 125 Å². The van der Waals surface area contributed by atoms with E-state index >= 15 is 0 Å². The number of hydrogen-bond donors (Lipinski definition) is 1. The van der Waals surface area contributed by atoms with Crippen LogP contribution >= 0.6 is 0 Å². The fourth-order valence-corrected chi connectivity index (χ4v) is 2.68. The highest BCUT2D eigenvalue weighted by molar-refractivity contribution is 5.77. The number of halogens is 1. The van der Waals surface area contributed by atoms with E-state index in [9.17, 15) is 14.3 Å². The zero-order valence-electron chi connectivity index (χ0n) is 12.6. The predicted octanol–water partition coefficient (Wildman–Crippen LogP) is 1.49. The van der Waals surface area contributed by atoms with Crippen molar-refractivity contribution in [1.82, 2.24) is 9.80 Å². The van der Waals surface area contributed by atoms with Crippen molar-refractivity contribution in [1.29, 1.82) is 0 Å². The molecule has 0 aromatic heterocycles. The average Bonchev–Trinajstić information content (AvgIpc) is 2.39. The third-order valence-corrected chi connectivity index (χ3v) is 3.98. The number of aliphatic hydroxyl groups is 1. The largest absolute Gasteiger partial charge is 0.393 e. The van der Waals surface area contributed by atoms with Crippen molar-refractivity contribution in [2.45, 2.75) is 25.5 Å². The van der Waals surface area contributed by atoms with Crippen LogP contribution in [0.25, 0.3) is 0 Å². The lowest BCUT2D eigenvalue weighted by molar-refractivity contribution is -0.131.